The van der Waals surface area contributed by atoms with Crippen LogP contribution in [0, 0.1) is 21.4 Å². The highest BCUT2D eigenvalue weighted by Crippen LogP contribution is 2.28. The number of aromatic amines is 1. The van der Waals surface area contributed by atoms with Crippen LogP contribution in [0.5, 0.6) is 0 Å². The third kappa shape index (κ3) is 3.43. The zero-order chi connectivity index (χ0) is 17.2. The van der Waals surface area contributed by atoms with Crippen LogP contribution in [0.2, 0.25) is 0 Å². The summed E-state index contributed by atoms with van der Waals surface area (Å²) in [5.41, 5.74) is -2.40. The van der Waals surface area contributed by atoms with Gasteiger partial charge in [-0.05, 0) is 6.07 Å². The van der Waals surface area contributed by atoms with E-state index in [1.165, 1.54) is 0 Å². The van der Waals surface area contributed by atoms with E-state index in [0.29, 0.717) is 6.07 Å². The SMILES string of the molecule is N#Cc1cc([N+](=O)[O-])ccc1NC(=O)c1cc(C(F)(F)F)[nH]n1. The van der Waals surface area contributed by atoms with Gasteiger partial charge in [0.1, 0.15) is 11.8 Å². The van der Waals surface area contributed by atoms with Crippen molar-refractivity contribution in [2.24, 2.45) is 0 Å². The number of carbonyl (C=O) groups excluding carboxylic acids is 1. The second-order valence-electron chi connectivity index (χ2n) is 4.22. The lowest BCUT2D eigenvalue weighted by Crippen LogP contribution is -2.13. The highest BCUT2D eigenvalue weighted by atomic mass is 19.4. The standard InChI is InChI=1S/C12H6F3N5O3/c13-12(14,15)10-4-9(18-19-10)11(21)17-8-2-1-7(20(22)23)3-6(8)5-16/h1-4H,(H,17,21)(H,18,19). The molecule has 2 rings (SSSR count). The van der Waals surface area contributed by atoms with Gasteiger partial charge in [-0.1, -0.05) is 0 Å². The Morgan fingerprint density at radius 3 is 2.61 bits per heavy atom. The van der Waals surface area contributed by atoms with Crippen LogP contribution in [-0.4, -0.2) is 21.0 Å². The number of nitrogens with zero attached hydrogens (tertiary/aromatic N) is 3. The molecule has 118 valence electrons. The number of halogens is 3. The first-order valence-corrected chi connectivity index (χ1v) is 5.85. The molecule has 0 aliphatic rings. The van der Waals surface area contributed by atoms with Gasteiger partial charge in [0.05, 0.1) is 16.2 Å². The van der Waals surface area contributed by atoms with Crippen molar-refractivity contribution in [3.05, 3.63) is 51.3 Å². The summed E-state index contributed by atoms with van der Waals surface area (Å²) in [6.45, 7) is 0. The van der Waals surface area contributed by atoms with Crippen molar-refractivity contribution in [1.82, 2.24) is 10.2 Å². The number of hydrogen-bond acceptors (Lipinski definition) is 5. The molecule has 0 spiro atoms. The minimum absolute atomic E-state index is 0.0836. The molecule has 0 aliphatic heterocycles. The third-order valence-electron chi connectivity index (χ3n) is 2.70. The van der Waals surface area contributed by atoms with Gasteiger partial charge in [0.2, 0.25) is 0 Å². The van der Waals surface area contributed by atoms with Crippen LogP contribution in [-0.2, 0) is 6.18 Å². The van der Waals surface area contributed by atoms with E-state index in [1.54, 1.807) is 11.2 Å². The number of H-pyrrole nitrogens is 1. The van der Waals surface area contributed by atoms with Crippen LogP contribution in [0.1, 0.15) is 21.7 Å². The molecule has 1 amide bonds. The number of rotatable bonds is 3. The topological polar surface area (TPSA) is 125 Å². The fourth-order valence-electron chi connectivity index (χ4n) is 1.62. The fourth-order valence-corrected chi connectivity index (χ4v) is 1.62. The molecule has 0 saturated carbocycles. The van der Waals surface area contributed by atoms with E-state index in [4.69, 9.17) is 5.26 Å². The first-order chi connectivity index (χ1) is 10.7. The molecule has 1 aromatic heterocycles. The maximum absolute atomic E-state index is 12.4. The average molecular weight is 325 g/mol. The molecule has 1 heterocycles. The Morgan fingerprint density at radius 1 is 1.39 bits per heavy atom. The number of nitriles is 1. The predicted octanol–water partition coefficient (Wildman–Crippen LogP) is 2.46. The molecule has 0 bridgehead atoms. The number of aromatic nitrogens is 2. The number of nitrogens with one attached hydrogen (secondary N) is 2. The zero-order valence-electron chi connectivity index (χ0n) is 11.0. The lowest BCUT2D eigenvalue weighted by Gasteiger charge is -2.05. The first kappa shape index (κ1) is 16.0. The van der Waals surface area contributed by atoms with Crippen LogP contribution in [0.15, 0.2) is 24.3 Å². The van der Waals surface area contributed by atoms with Crippen molar-refractivity contribution in [3.63, 3.8) is 0 Å². The quantitative estimate of drug-likeness (QED) is 0.662. The summed E-state index contributed by atoms with van der Waals surface area (Å²) in [6.07, 6.45) is -4.68. The second kappa shape index (κ2) is 5.76. The van der Waals surface area contributed by atoms with Crippen molar-refractivity contribution < 1.29 is 22.9 Å². The van der Waals surface area contributed by atoms with Crippen molar-refractivity contribution >= 4 is 17.3 Å². The molecule has 0 aliphatic carbocycles. The number of amides is 1. The summed E-state index contributed by atoms with van der Waals surface area (Å²) >= 11 is 0. The molecule has 0 atom stereocenters. The fraction of sp³-hybridized carbons (Fsp3) is 0.0833. The molecule has 11 heteroatoms. The van der Waals surface area contributed by atoms with Gasteiger partial charge in [-0.25, -0.2) is 0 Å². The van der Waals surface area contributed by atoms with Crippen molar-refractivity contribution in [3.8, 4) is 6.07 Å². The van der Waals surface area contributed by atoms with Crippen LogP contribution in [0.4, 0.5) is 24.5 Å². The monoisotopic (exact) mass is 325 g/mol. The molecule has 0 unspecified atom stereocenters. The van der Waals surface area contributed by atoms with Crippen molar-refractivity contribution in [1.29, 1.82) is 5.26 Å². The molecule has 0 saturated heterocycles. The van der Waals surface area contributed by atoms with E-state index in [-0.39, 0.29) is 16.9 Å². The maximum Gasteiger partial charge on any atom is 0.432 e. The number of carbonyl (C=O) groups is 1. The van der Waals surface area contributed by atoms with Gasteiger partial charge in [-0.3, -0.25) is 20.0 Å². The van der Waals surface area contributed by atoms with E-state index < -0.39 is 28.4 Å². The van der Waals surface area contributed by atoms with Gasteiger partial charge in [0, 0.05) is 18.2 Å². The lowest BCUT2D eigenvalue weighted by molar-refractivity contribution is -0.384. The van der Waals surface area contributed by atoms with Gasteiger partial charge >= 0.3 is 6.18 Å². The second-order valence-corrected chi connectivity index (χ2v) is 4.22. The number of anilines is 1. The summed E-state index contributed by atoms with van der Waals surface area (Å²) < 4.78 is 37.3. The molecule has 0 fully saturated rings. The highest BCUT2D eigenvalue weighted by molar-refractivity contribution is 6.03. The van der Waals surface area contributed by atoms with Gasteiger partial charge in [0.15, 0.2) is 5.69 Å². The van der Waals surface area contributed by atoms with Crippen molar-refractivity contribution in [2.45, 2.75) is 6.18 Å². The normalized spacial score (nSPS) is 10.9. The molecule has 8 nitrogen and oxygen atoms in total. The molecular formula is C12H6F3N5O3. The van der Waals surface area contributed by atoms with E-state index >= 15 is 0 Å². The maximum atomic E-state index is 12.4. The predicted molar refractivity (Wildman–Crippen MR) is 69.4 cm³/mol. The Labute approximate surface area is 125 Å². The van der Waals surface area contributed by atoms with Crippen LogP contribution >= 0.6 is 0 Å². The minimum atomic E-state index is -4.68. The summed E-state index contributed by atoms with van der Waals surface area (Å²) in [4.78, 5) is 21.7. The van der Waals surface area contributed by atoms with Crippen LogP contribution < -0.4 is 5.32 Å². The number of alkyl halides is 3. The summed E-state index contributed by atoms with van der Waals surface area (Å²) in [5.74, 6) is -0.998. The third-order valence-corrected chi connectivity index (χ3v) is 2.70. The average Bonchev–Trinajstić information content (AvgIpc) is 2.97. The molecule has 0 radical (unpaired) electrons. The highest BCUT2D eigenvalue weighted by Gasteiger charge is 2.33. The Balaban J connectivity index is 2.25. The molecule has 23 heavy (non-hydrogen) atoms. The number of benzene rings is 1. The molecule has 1 aromatic carbocycles. The van der Waals surface area contributed by atoms with Gasteiger partial charge in [-0.2, -0.15) is 23.5 Å². The smallest absolute Gasteiger partial charge is 0.319 e. The number of nitro benzene ring substituents is 1. The van der Waals surface area contributed by atoms with E-state index in [1.807, 2.05) is 0 Å². The van der Waals surface area contributed by atoms with Gasteiger partial charge in [-0.15, -0.1) is 0 Å². The molecule has 2 aromatic rings. The Bertz CT molecular complexity index is 822. The van der Waals surface area contributed by atoms with Crippen molar-refractivity contribution in [2.75, 3.05) is 5.32 Å². The molecular weight excluding hydrogens is 319 g/mol. The molecule has 2 N–H and O–H groups in total. The summed E-state index contributed by atoms with van der Waals surface area (Å²) in [7, 11) is 0. The van der Waals surface area contributed by atoms with E-state index in [2.05, 4.69) is 10.4 Å². The lowest BCUT2D eigenvalue weighted by atomic mass is 10.1. The largest absolute Gasteiger partial charge is 0.432 e. The minimum Gasteiger partial charge on any atom is -0.319 e. The number of nitro groups is 1. The first-order valence-electron chi connectivity index (χ1n) is 5.85. The Morgan fingerprint density at radius 2 is 2.09 bits per heavy atom. The van der Waals surface area contributed by atoms with E-state index in [9.17, 15) is 28.1 Å². The van der Waals surface area contributed by atoms with Gasteiger partial charge < -0.3 is 5.32 Å². The Kier molecular flexibility index (Phi) is 4.00. The van der Waals surface area contributed by atoms with Crippen LogP contribution in [0.3, 0.4) is 0 Å². The van der Waals surface area contributed by atoms with E-state index in [0.717, 1.165) is 18.2 Å². The number of non-ortho nitro benzene ring substituents is 1. The van der Waals surface area contributed by atoms with Crippen LogP contribution in [0.25, 0.3) is 0 Å². The summed E-state index contributed by atoms with van der Waals surface area (Å²) in [5, 5.41) is 26.6. The Hall–Kier alpha value is -3.42. The zero-order valence-corrected chi connectivity index (χ0v) is 11.0. The van der Waals surface area contributed by atoms with Gasteiger partial charge in [0.25, 0.3) is 11.6 Å². The number of hydrogen-bond donors (Lipinski definition) is 2. The summed E-state index contributed by atoms with van der Waals surface area (Å²) in [6, 6.07) is 5.24.